The maximum absolute atomic E-state index is 12.4. The Labute approximate surface area is 152 Å². The zero-order chi connectivity index (χ0) is 18.4. The van der Waals surface area contributed by atoms with E-state index in [0.29, 0.717) is 18.1 Å². The van der Waals surface area contributed by atoms with E-state index in [9.17, 15) is 4.79 Å². The average Bonchev–Trinajstić information content (AvgIpc) is 2.66. The molecule has 1 aromatic heterocycles. The van der Waals surface area contributed by atoms with Gasteiger partial charge in [0.1, 0.15) is 23.6 Å². The molecule has 1 heterocycles. The predicted octanol–water partition coefficient (Wildman–Crippen LogP) is 4.18. The second kappa shape index (κ2) is 8.11. The van der Waals surface area contributed by atoms with Crippen molar-refractivity contribution in [2.75, 3.05) is 17.2 Å². The third kappa shape index (κ3) is 4.57. The predicted molar refractivity (Wildman–Crippen MR) is 102 cm³/mol. The summed E-state index contributed by atoms with van der Waals surface area (Å²) in [6, 6.07) is 16.7. The van der Waals surface area contributed by atoms with Crippen LogP contribution in [-0.4, -0.2) is 22.5 Å². The lowest BCUT2D eigenvalue weighted by atomic mass is 10.2. The molecule has 0 unspecified atom stereocenters. The van der Waals surface area contributed by atoms with Gasteiger partial charge >= 0.3 is 0 Å². The number of hydrogen-bond donors (Lipinski definition) is 2. The maximum atomic E-state index is 12.4. The topological polar surface area (TPSA) is 76.1 Å². The Balaban J connectivity index is 1.68. The number of aromatic nitrogens is 2. The van der Waals surface area contributed by atoms with Gasteiger partial charge in [-0.3, -0.25) is 4.79 Å². The first-order valence-corrected chi connectivity index (χ1v) is 8.34. The number of aryl methyl sites for hydroxylation is 1. The van der Waals surface area contributed by atoms with Crippen LogP contribution >= 0.6 is 0 Å². The van der Waals surface area contributed by atoms with Gasteiger partial charge in [0, 0.05) is 17.4 Å². The van der Waals surface area contributed by atoms with Crippen LogP contribution in [-0.2, 0) is 0 Å². The van der Waals surface area contributed by atoms with Crippen molar-refractivity contribution in [1.82, 2.24) is 9.97 Å². The first kappa shape index (κ1) is 17.4. The molecule has 26 heavy (non-hydrogen) atoms. The Hall–Kier alpha value is -3.41. The molecule has 3 rings (SSSR count). The summed E-state index contributed by atoms with van der Waals surface area (Å²) < 4.78 is 5.39. The van der Waals surface area contributed by atoms with Gasteiger partial charge in [-0.1, -0.05) is 17.7 Å². The number of amides is 1. The van der Waals surface area contributed by atoms with E-state index in [4.69, 9.17) is 4.74 Å². The monoisotopic (exact) mass is 348 g/mol. The fraction of sp³-hybridized carbons (Fsp3) is 0.150. The maximum Gasteiger partial charge on any atom is 0.274 e. The Bertz CT molecular complexity index is 877. The summed E-state index contributed by atoms with van der Waals surface area (Å²) in [5.41, 5.74) is 3.02. The normalized spacial score (nSPS) is 10.2. The molecule has 2 aromatic carbocycles. The minimum absolute atomic E-state index is 0.281. The zero-order valence-corrected chi connectivity index (χ0v) is 14.7. The van der Waals surface area contributed by atoms with Crippen LogP contribution < -0.4 is 15.4 Å². The minimum atomic E-state index is -0.302. The summed E-state index contributed by atoms with van der Waals surface area (Å²) in [6.45, 7) is 4.55. The number of ether oxygens (including phenoxy) is 1. The van der Waals surface area contributed by atoms with Crippen molar-refractivity contribution in [3.8, 4) is 5.75 Å². The highest BCUT2D eigenvalue weighted by atomic mass is 16.5. The molecule has 0 bridgehead atoms. The highest BCUT2D eigenvalue weighted by molar-refractivity contribution is 6.03. The fourth-order valence-electron chi connectivity index (χ4n) is 2.33. The Kier molecular flexibility index (Phi) is 5.43. The van der Waals surface area contributed by atoms with E-state index in [2.05, 4.69) is 20.6 Å². The van der Waals surface area contributed by atoms with Crippen LogP contribution in [0.5, 0.6) is 5.75 Å². The number of carbonyl (C=O) groups excluding carboxylic acids is 1. The lowest BCUT2D eigenvalue weighted by Gasteiger charge is -2.09. The number of benzene rings is 2. The summed E-state index contributed by atoms with van der Waals surface area (Å²) in [5.74, 6) is 1.02. The third-order valence-corrected chi connectivity index (χ3v) is 3.65. The number of nitrogens with one attached hydrogen (secondary N) is 2. The molecule has 1 amide bonds. The SMILES string of the molecule is CCOc1ccc(NC(=O)c2cc(Nc3ccc(C)cc3)ncn2)cc1. The van der Waals surface area contributed by atoms with Gasteiger partial charge in [-0.2, -0.15) is 0 Å². The van der Waals surface area contributed by atoms with E-state index >= 15 is 0 Å². The largest absolute Gasteiger partial charge is 0.494 e. The van der Waals surface area contributed by atoms with Crippen LogP contribution in [0.3, 0.4) is 0 Å². The highest BCUT2D eigenvalue weighted by Crippen LogP contribution is 2.18. The van der Waals surface area contributed by atoms with E-state index in [0.717, 1.165) is 11.4 Å². The van der Waals surface area contributed by atoms with Crippen molar-refractivity contribution in [3.63, 3.8) is 0 Å². The highest BCUT2D eigenvalue weighted by Gasteiger charge is 2.09. The molecule has 0 saturated heterocycles. The lowest BCUT2D eigenvalue weighted by Crippen LogP contribution is -2.14. The molecule has 0 spiro atoms. The molecule has 0 radical (unpaired) electrons. The molecule has 0 aliphatic heterocycles. The van der Waals surface area contributed by atoms with Gasteiger partial charge in [0.05, 0.1) is 6.61 Å². The number of rotatable bonds is 6. The van der Waals surface area contributed by atoms with E-state index in [1.807, 2.05) is 50.2 Å². The second-order valence-electron chi connectivity index (χ2n) is 5.69. The number of carbonyl (C=O) groups is 1. The van der Waals surface area contributed by atoms with Crippen LogP contribution in [0.25, 0.3) is 0 Å². The Morgan fingerprint density at radius 3 is 2.38 bits per heavy atom. The fourth-order valence-corrected chi connectivity index (χ4v) is 2.33. The zero-order valence-electron chi connectivity index (χ0n) is 14.7. The molecule has 2 N–H and O–H groups in total. The first-order valence-electron chi connectivity index (χ1n) is 8.34. The van der Waals surface area contributed by atoms with Crippen LogP contribution in [0, 0.1) is 6.92 Å². The van der Waals surface area contributed by atoms with Crippen molar-refractivity contribution < 1.29 is 9.53 Å². The van der Waals surface area contributed by atoms with Gasteiger partial charge < -0.3 is 15.4 Å². The van der Waals surface area contributed by atoms with Crippen LogP contribution in [0.2, 0.25) is 0 Å². The Morgan fingerprint density at radius 2 is 1.69 bits per heavy atom. The van der Waals surface area contributed by atoms with E-state index in [1.54, 1.807) is 18.2 Å². The molecule has 0 fully saturated rings. The molecule has 0 aliphatic carbocycles. The molecular weight excluding hydrogens is 328 g/mol. The van der Waals surface area contributed by atoms with Crippen molar-refractivity contribution >= 4 is 23.1 Å². The van der Waals surface area contributed by atoms with Crippen LogP contribution in [0.4, 0.5) is 17.2 Å². The molecule has 0 atom stereocenters. The van der Waals surface area contributed by atoms with E-state index < -0.39 is 0 Å². The van der Waals surface area contributed by atoms with Gasteiger partial charge in [-0.25, -0.2) is 9.97 Å². The Morgan fingerprint density at radius 1 is 1.00 bits per heavy atom. The number of hydrogen-bond acceptors (Lipinski definition) is 5. The van der Waals surface area contributed by atoms with Gasteiger partial charge in [0.25, 0.3) is 5.91 Å². The summed E-state index contributed by atoms with van der Waals surface area (Å²) in [5, 5.41) is 5.98. The summed E-state index contributed by atoms with van der Waals surface area (Å²) in [4.78, 5) is 20.6. The van der Waals surface area contributed by atoms with Gasteiger partial charge in [0.2, 0.25) is 0 Å². The van der Waals surface area contributed by atoms with Crippen molar-refractivity contribution in [2.24, 2.45) is 0 Å². The molecular formula is C20H20N4O2. The number of anilines is 3. The smallest absolute Gasteiger partial charge is 0.274 e. The van der Waals surface area contributed by atoms with Crippen molar-refractivity contribution in [3.05, 3.63) is 72.2 Å². The standard InChI is InChI=1S/C20H20N4O2/c1-3-26-17-10-8-16(9-11-17)24-20(25)18-12-19(22-13-21-18)23-15-6-4-14(2)5-7-15/h4-13H,3H2,1-2H3,(H,24,25)(H,21,22,23). The third-order valence-electron chi connectivity index (χ3n) is 3.65. The molecule has 3 aromatic rings. The first-order chi connectivity index (χ1) is 12.6. The van der Waals surface area contributed by atoms with Crippen molar-refractivity contribution in [1.29, 1.82) is 0 Å². The molecule has 6 nitrogen and oxygen atoms in total. The molecule has 0 aliphatic rings. The van der Waals surface area contributed by atoms with Crippen molar-refractivity contribution in [2.45, 2.75) is 13.8 Å². The summed E-state index contributed by atoms with van der Waals surface area (Å²) in [6.07, 6.45) is 1.36. The van der Waals surface area contributed by atoms with Gasteiger partial charge in [0.15, 0.2) is 0 Å². The van der Waals surface area contributed by atoms with Gasteiger partial charge in [-0.15, -0.1) is 0 Å². The minimum Gasteiger partial charge on any atom is -0.494 e. The molecule has 6 heteroatoms. The van der Waals surface area contributed by atoms with Crippen LogP contribution in [0.1, 0.15) is 23.0 Å². The second-order valence-corrected chi connectivity index (χ2v) is 5.69. The molecule has 132 valence electrons. The lowest BCUT2D eigenvalue weighted by molar-refractivity contribution is 0.102. The average molecular weight is 348 g/mol. The quantitative estimate of drug-likeness (QED) is 0.699. The van der Waals surface area contributed by atoms with Gasteiger partial charge in [-0.05, 0) is 50.2 Å². The number of nitrogens with zero attached hydrogens (tertiary/aromatic N) is 2. The summed E-state index contributed by atoms with van der Waals surface area (Å²) in [7, 11) is 0. The van der Waals surface area contributed by atoms with E-state index in [-0.39, 0.29) is 11.6 Å². The van der Waals surface area contributed by atoms with Crippen LogP contribution in [0.15, 0.2) is 60.9 Å². The van der Waals surface area contributed by atoms with E-state index in [1.165, 1.54) is 11.9 Å². The molecule has 0 saturated carbocycles. The summed E-state index contributed by atoms with van der Waals surface area (Å²) >= 11 is 0.